The fraction of sp³-hybridized carbons (Fsp3) is 0.538. The monoisotopic (exact) mass is 307 g/mol. The zero-order valence-corrected chi connectivity index (χ0v) is 13.7. The summed E-state index contributed by atoms with van der Waals surface area (Å²) in [5, 5.41) is 9.23. The van der Waals surface area contributed by atoms with Crippen molar-refractivity contribution in [1.82, 2.24) is 19.9 Å². The van der Waals surface area contributed by atoms with E-state index in [1.165, 1.54) is 0 Å². The second-order valence-corrected chi connectivity index (χ2v) is 5.38. The van der Waals surface area contributed by atoms with Gasteiger partial charge in [0.15, 0.2) is 0 Å². The summed E-state index contributed by atoms with van der Waals surface area (Å²) in [6.07, 6.45) is 0. The minimum atomic E-state index is 0.559. The van der Waals surface area contributed by atoms with Crippen LogP contribution in [0.4, 0.5) is 17.8 Å². The molecule has 2 heterocycles. The molecule has 0 fully saturated rings. The Morgan fingerprint density at radius 2 is 1.81 bits per heavy atom. The predicted molar refractivity (Wildman–Crippen MR) is 87.1 cm³/mol. The Kier molecular flexibility index (Phi) is 5.26. The molecule has 0 saturated heterocycles. The van der Waals surface area contributed by atoms with Crippen LogP contribution in [0, 0.1) is 6.92 Å². The van der Waals surface area contributed by atoms with E-state index in [9.17, 15) is 0 Å². The first kappa shape index (κ1) is 15.4. The molecular formula is C13H21N7S. The van der Waals surface area contributed by atoms with Gasteiger partial charge in [0.2, 0.25) is 17.8 Å². The Morgan fingerprint density at radius 3 is 2.38 bits per heavy atom. The molecule has 0 saturated carbocycles. The minimum absolute atomic E-state index is 0.559. The number of nitrogens with one attached hydrogen (secondary N) is 2. The van der Waals surface area contributed by atoms with Crippen LogP contribution >= 0.6 is 11.3 Å². The molecule has 2 N–H and O–H groups in total. The molecule has 0 radical (unpaired) electrons. The number of aryl methyl sites for hydroxylation is 1. The fourth-order valence-corrected chi connectivity index (χ4v) is 2.55. The van der Waals surface area contributed by atoms with Gasteiger partial charge in [-0.2, -0.15) is 15.0 Å². The van der Waals surface area contributed by atoms with Crippen molar-refractivity contribution in [2.24, 2.45) is 0 Å². The molecule has 8 heteroatoms. The van der Waals surface area contributed by atoms with Gasteiger partial charge < -0.3 is 15.5 Å². The third-order valence-electron chi connectivity index (χ3n) is 2.96. The van der Waals surface area contributed by atoms with Gasteiger partial charge in [0.05, 0.1) is 6.54 Å². The first-order chi connectivity index (χ1) is 10.2. The third kappa shape index (κ3) is 4.01. The standard InChI is InChI=1S/C13H21N7S/c1-5-20(6-2)13-18-11(14-4)17-12(19-13)15-7-10-16-9(3)8-21-10/h8H,5-7H2,1-4H3,(H2,14,15,17,18,19). The first-order valence-electron chi connectivity index (χ1n) is 6.99. The van der Waals surface area contributed by atoms with Gasteiger partial charge in [0, 0.05) is 31.2 Å². The number of anilines is 3. The van der Waals surface area contributed by atoms with Crippen LogP contribution in [0.25, 0.3) is 0 Å². The Hall–Kier alpha value is -1.96. The number of aromatic nitrogens is 4. The molecule has 0 amide bonds. The molecule has 0 atom stereocenters. The topological polar surface area (TPSA) is 78.9 Å². The first-order valence-corrected chi connectivity index (χ1v) is 7.87. The summed E-state index contributed by atoms with van der Waals surface area (Å²) < 4.78 is 0. The molecule has 7 nitrogen and oxygen atoms in total. The van der Waals surface area contributed by atoms with Gasteiger partial charge in [-0.15, -0.1) is 11.3 Å². The average molecular weight is 307 g/mol. The van der Waals surface area contributed by atoms with E-state index in [4.69, 9.17) is 0 Å². The van der Waals surface area contributed by atoms with Gasteiger partial charge in [-0.05, 0) is 20.8 Å². The summed E-state index contributed by atoms with van der Waals surface area (Å²) in [4.78, 5) is 19.7. The highest BCUT2D eigenvalue weighted by atomic mass is 32.1. The lowest BCUT2D eigenvalue weighted by molar-refractivity contribution is 0.812. The smallest absolute Gasteiger partial charge is 0.231 e. The van der Waals surface area contributed by atoms with Crippen LogP contribution in [0.5, 0.6) is 0 Å². The maximum Gasteiger partial charge on any atom is 0.231 e. The molecule has 2 aromatic heterocycles. The van der Waals surface area contributed by atoms with Crippen LogP contribution in [0.2, 0.25) is 0 Å². The Labute approximate surface area is 128 Å². The number of thiazole rings is 1. The van der Waals surface area contributed by atoms with Crippen LogP contribution in [0.3, 0.4) is 0 Å². The van der Waals surface area contributed by atoms with E-state index in [2.05, 4.69) is 49.3 Å². The molecule has 0 aromatic carbocycles. The van der Waals surface area contributed by atoms with Crippen LogP contribution < -0.4 is 15.5 Å². The van der Waals surface area contributed by atoms with Crippen molar-refractivity contribution in [2.75, 3.05) is 35.7 Å². The molecule has 0 aliphatic rings. The Morgan fingerprint density at radius 1 is 1.10 bits per heavy atom. The maximum absolute atomic E-state index is 4.47. The predicted octanol–water partition coefficient (Wildman–Crippen LogP) is 2.14. The molecule has 114 valence electrons. The largest absolute Gasteiger partial charge is 0.357 e. The van der Waals surface area contributed by atoms with E-state index < -0.39 is 0 Å². The lowest BCUT2D eigenvalue weighted by Crippen LogP contribution is -2.25. The molecule has 21 heavy (non-hydrogen) atoms. The lowest BCUT2D eigenvalue weighted by Gasteiger charge is -2.19. The molecule has 2 aromatic rings. The van der Waals surface area contributed by atoms with E-state index in [-0.39, 0.29) is 0 Å². The maximum atomic E-state index is 4.47. The third-order valence-corrected chi connectivity index (χ3v) is 3.92. The summed E-state index contributed by atoms with van der Waals surface area (Å²) in [5.74, 6) is 1.80. The van der Waals surface area contributed by atoms with Crippen molar-refractivity contribution in [1.29, 1.82) is 0 Å². The highest BCUT2D eigenvalue weighted by molar-refractivity contribution is 7.09. The van der Waals surface area contributed by atoms with Crippen LogP contribution in [0.1, 0.15) is 24.5 Å². The quantitative estimate of drug-likeness (QED) is 0.811. The van der Waals surface area contributed by atoms with Crippen LogP contribution in [0.15, 0.2) is 5.38 Å². The second kappa shape index (κ2) is 7.16. The van der Waals surface area contributed by atoms with Gasteiger partial charge in [0.25, 0.3) is 0 Å². The minimum Gasteiger partial charge on any atom is -0.357 e. The second-order valence-electron chi connectivity index (χ2n) is 4.44. The molecule has 0 spiro atoms. The molecule has 0 aliphatic heterocycles. The molecular weight excluding hydrogens is 286 g/mol. The summed E-state index contributed by atoms with van der Waals surface area (Å²) in [7, 11) is 1.80. The molecule has 0 unspecified atom stereocenters. The molecule has 0 aliphatic carbocycles. The SMILES string of the molecule is CCN(CC)c1nc(NC)nc(NCc2nc(C)cs2)n1. The van der Waals surface area contributed by atoms with E-state index in [0.29, 0.717) is 24.4 Å². The van der Waals surface area contributed by atoms with Crippen LogP contribution in [-0.2, 0) is 6.54 Å². The average Bonchev–Trinajstić information content (AvgIpc) is 2.92. The van der Waals surface area contributed by atoms with Gasteiger partial charge in [-0.1, -0.05) is 0 Å². The van der Waals surface area contributed by atoms with E-state index in [1.807, 2.05) is 12.3 Å². The van der Waals surface area contributed by atoms with Crippen LogP contribution in [-0.4, -0.2) is 40.1 Å². The van der Waals surface area contributed by atoms with Crippen molar-refractivity contribution >= 4 is 29.2 Å². The van der Waals surface area contributed by atoms with E-state index >= 15 is 0 Å². The Balaban J connectivity index is 2.16. The fourth-order valence-electron chi connectivity index (χ4n) is 1.84. The summed E-state index contributed by atoms with van der Waals surface area (Å²) >= 11 is 1.63. The van der Waals surface area contributed by atoms with Crippen molar-refractivity contribution in [3.63, 3.8) is 0 Å². The van der Waals surface area contributed by atoms with Crippen molar-refractivity contribution < 1.29 is 0 Å². The highest BCUT2D eigenvalue weighted by Crippen LogP contribution is 2.15. The van der Waals surface area contributed by atoms with Crippen molar-refractivity contribution in [3.8, 4) is 0 Å². The number of hydrogen-bond acceptors (Lipinski definition) is 8. The van der Waals surface area contributed by atoms with Gasteiger partial charge >= 0.3 is 0 Å². The molecule has 2 rings (SSSR count). The Bertz CT molecular complexity index is 580. The number of nitrogens with zero attached hydrogens (tertiary/aromatic N) is 5. The van der Waals surface area contributed by atoms with Crippen molar-refractivity contribution in [2.45, 2.75) is 27.3 Å². The highest BCUT2D eigenvalue weighted by Gasteiger charge is 2.10. The zero-order chi connectivity index (χ0) is 15.2. The van der Waals surface area contributed by atoms with Gasteiger partial charge in [-0.3, -0.25) is 0 Å². The zero-order valence-electron chi connectivity index (χ0n) is 12.8. The number of rotatable bonds is 7. The normalized spacial score (nSPS) is 10.5. The van der Waals surface area contributed by atoms with Gasteiger partial charge in [-0.25, -0.2) is 4.98 Å². The van der Waals surface area contributed by atoms with E-state index in [0.717, 1.165) is 23.8 Å². The molecule has 0 bridgehead atoms. The summed E-state index contributed by atoms with van der Waals surface area (Å²) in [5.41, 5.74) is 1.03. The summed E-state index contributed by atoms with van der Waals surface area (Å²) in [6, 6.07) is 0. The lowest BCUT2D eigenvalue weighted by atomic mass is 10.5. The van der Waals surface area contributed by atoms with E-state index in [1.54, 1.807) is 18.4 Å². The van der Waals surface area contributed by atoms with Gasteiger partial charge in [0.1, 0.15) is 5.01 Å². The van der Waals surface area contributed by atoms with Crippen molar-refractivity contribution in [3.05, 3.63) is 16.1 Å². The summed E-state index contributed by atoms with van der Waals surface area (Å²) in [6.45, 7) is 8.48. The number of hydrogen-bond donors (Lipinski definition) is 2.